The number of aromatic nitrogens is 2. The van der Waals surface area contributed by atoms with Crippen LogP contribution < -0.4 is 10.9 Å². The number of carbonyl (C=O) groups excluding carboxylic acids is 2. The van der Waals surface area contributed by atoms with Gasteiger partial charge in [-0.1, -0.05) is 24.3 Å². The number of nitrogens with one attached hydrogen (secondary N) is 2. The molecule has 0 unspecified atom stereocenters. The molecule has 2 N–H and O–H groups in total. The van der Waals surface area contributed by atoms with Crippen LogP contribution in [0.5, 0.6) is 0 Å². The van der Waals surface area contributed by atoms with Crippen LogP contribution in [0.15, 0.2) is 47.3 Å². The summed E-state index contributed by atoms with van der Waals surface area (Å²) >= 11 is 0. The van der Waals surface area contributed by atoms with Crippen molar-refractivity contribution in [2.24, 2.45) is 0 Å². The standard InChI is InChI=1S/C26H30N4O4/c1-17-7-5-11-21(18(17)2)28-24(31)16-30(15-19-8-6-14-34-19)25(32)13-12-23-27-22-10-4-3-9-20(22)26(33)29-23/h3-5,7,9-11,19H,6,8,12-16H2,1-2H3,(H,28,31)(H,27,29,33)/t19-/m1/s1. The highest BCUT2D eigenvalue weighted by atomic mass is 16.5. The summed E-state index contributed by atoms with van der Waals surface area (Å²) in [6, 6.07) is 12.8. The number of anilines is 1. The van der Waals surface area contributed by atoms with E-state index >= 15 is 0 Å². The maximum atomic E-state index is 13.1. The molecule has 1 aromatic heterocycles. The second-order valence-electron chi connectivity index (χ2n) is 8.73. The first-order valence-electron chi connectivity index (χ1n) is 11.6. The summed E-state index contributed by atoms with van der Waals surface area (Å²) in [5, 5.41) is 3.44. The van der Waals surface area contributed by atoms with Gasteiger partial charge in [-0.3, -0.25) is 14.4 Å². The van der Waals surface area contributed by atoms with Crippen molar-refractivity contribution in [1.82, 2.24) is 14.9 Å². The Morgan fingerprint density at radius 2 is 2.00 bits per heavy atom. The lowest BCUT2D eigenvalue weighted by atomic mass is 10.1. The van der Waals surface area contributed by atoms with Crippen LogP contribution >= 0.6 is 0 Å². The van der Waals surface area contributed by atoms with E-state index in [1.807, 2.05) is 38.1 Å². The van der Waals surface area contributed by atoms with Crippen LogP contribution in [-0.4, -0.2) is 52.5 Å². The van der Waals surface area contributed by atoms with E-state index in [1.165, 1.54) is 0 Å². The van der Waals surface area contributed by atoms with Gasteiger partial charge in [0.1, 0.15) is 5.82 Å². The number of para-hydroxylation sites is 1. The van der Waals surface area contributed by atoms with E-state index in [0.29, 0.717) is 29.9 Å². The summed E-state index contributed by atoms with van der Waals surface area (Å²) in [4.78, 5) is 47.1. The lowest BCUT2D eigenvalue weighted by Gasteiger charge is -2.25. The first kappa shape index (κ1) is 23.6. The Morgan fingerprint density at radius 1 is 1.18 bits per heavy atom. The maximum Gasteiger partial charge on any atom is 0.258 e. The number of nitrogens with zero attached hydrogens (tertiary/aromatic N) is 2. The van der Waals surface area contributed by atoms with Crippen molar-refractivity contribution in [3.8, 4) is 0 Å². The summed E-state index contributed by atoms with van der Waals surface area (Å²) in [6.07, 6.45) is 2.15. The molecular formula is C26H30N4O4. The van der Waals surface area contributed by atoms with Crippen LogP contribution in [0.3, 0.4) is 0 Å². The van der Waals surface area contributed by atoms with Gasteiger partial charge in [0.15, 0.2) is 0 Å². The summed E-state index contributed by atoms with van der Waals surface area (Å²) in [7, 11) is 0. The molecule has 0 bridgehead atoms. The number of ether oxygens (including phenoxy) is 1. The fourth-order valence-corrected chi connectivity index (χ4v) is 4.18. The van der Waals surface area contributed by atoms with Gasteiger partial charge in [0.05, 0.1) is 23.6 Å². The van der Waals surface area contributed by atoms with Gasteiger partial charge in [0, 0.05) is 31.7 Å². The Labute approximate surface area is 198 Å². The van der Waals surface area contributed by atoms with Crippen LogP contribution in [0.2, 0.25) is 0 Å². The Morgan fingerprint density at radius 3 is 2.79 bits per heavy atom. The number of H-pyrrole nitrogens is 1. The van der Waals surface area contributed by atoms with Gasteiger partial charge in [-0.15, -0.1) is 0 Å². The second kappa shape index (κ2) is 10.6. The van der Waals surface area contributed by atoms with E-state index in [1.54, 1.807) is 23.1 Å². The topological polar surface area (TPSA) is 104 Å². The number of hydrogen-bond acceptors (Lipinski definition) is 5. The lowest BCUT2D eigenvalue weighted by molar-refractivity contribution is -0.136. The molecule has 2 aromatic carbocycles. The van der Waals surface area contributed by atoms with Gasteiger partial charge < -0.3 is 19.9 Å². The van der Waals surface area contributed by atoms with Crippen molar-refractivity contribution >= 4 is 28.4 Å². The zero-order valence-corrected chi connectivity index (χ0v) is 19.6. The third-order valence-corrected chi connectivity index (χ3v) is 6.25. The summed E-state index contributed by atoms with van der Waals surface area (Å²) in [5.41, 5.74) is 3.20. The van der Waals surface area contributed by atoms with Crippen LogP contribution in [0.25, 0.3) is 10.9 Å². The number of amides is 2. The SMILES string of the molecule is Cc1cccc(NC(=O)CN(C[C@H]2CCCO2)C(=O)CCc2nc3ccccc3c(=O)[nH]2)c1C. The molecule has 2 heterocycles. The number of fused-ring (bicyclic) bond motifs is 1. The molecule has 1 atom stereocenters. The molecule has 0 spiro atoms. The minimum atomic E-state index is -0.253. The van der Waals surface area contributed by atoms with Crippen LogP contribution in [-0.2, 0) is 20.7 Å². The minimum Gasteiger partial charge on any atom is -0.376 e. The molecule has 2 amide bonds. The zero-order valence-electron chi connectivity index (χ0n) is 19.6. The average Bonchev–Trinajstić information content (AvgIpc) is 3.33. The van der Waals surface area contributed by atoms with Crippen LogP contribution in [0, 0.1) is 13.8 Å². The predicted molar refractivity (Wildman–Crippen MR) is 131 cm³/mol. The molecule has 1 aliphatic heterocycles. The van der Waals surface area contributed by atoms with Crippen molar-refractivity contribution < 1.29 is 14.3 Å². The van der Waals surface area contributed by atoms with E-state index in [2.05, 4.69) is 15.3 Å². The molecule has 1 fully saturated rings. The quantitative estimate of drug-likeness (QED) is 0.535. The largest absolute Gasteiger partial charge is 0.376 e. The molecule has 0 saturated carbocycles. The van der Waals surface area contributed by atoms with Crippen molar-refractivity contribution in [3.63, 3.8) is 0 Å². The van der Waals surface area contributed by atoms with Crippen molar-refractivity contribution in [2.45, 2.75) is 45.6 Å². The molecule has 8 heteroatoms. The summed E-state index contributed by atoms with van der Waals surface area (Å²) in [5.74, 6) is 0.0219. The van der Waals surface area contributed by atoms with Crippen LogP contribution in [0.1, 0.15) is 36.2 Å². The molecule has 0 radical (unpaired) electrons. The van der Waals surface area contributed by atoms with Crippen molar-refractivity contribution in [2.75, 3.05) is 25.0 Å². The van der Waals surface area contributed by atoms with Gasteiger partial charge in [-0.25, -0.2) is 4.98 Å². The van der Waals surface area contributed by atoms with Gasteiger partial charge in [-0.05, 0) is 56.0 Å². The summed E-state index contributed by atoms with van der Waals surface area (Å²) in [6.45, 7) is 4.92. The zero-order chi connectivity index (χ0) is 24.1. The fraction of sp³-hybridized carbons (Fsp3) is 0.385. The third kappa shape index (κ3) is 5.69. The molecule has 34 heavy (non-hydrogen) atoms. The van der Waals surface area contributed by atoms with E-state index < -0.39 is 0 Å². The summed E-state index contributed by atoms with van der Waals surface area (Å²) < 4.78 is 5.71. The van der Waals surface area contributed by atoms with E-state index in [-0.39, 0.29) is 42.9 Å². The van der Waals surface area contributed by atoms with Crippen molar-refractivity contribution in [3.05, 3.63) is 69.8 Å². The average molecular weight is 463 g/mol. The van der Waals surface area contributed by atoms with Gasteiger partial charge in [0.25, 0.3) is 5.56 Å². The number of rotatable bonds is 8. The minimum absolute atomic E-state index is 0.0618. The molecule has 178 valence electrons. The van der Waals surface area contributed by atoms with Crippen molar-refractivity contribution in [1.29, 1.82) is 0 Å². The number of hydrogen-bond donors (Lipinski definition) is 2. The monoisotopic (exact) mass is 462 g/mol. The lowest BCUT2D eigenvalue weighted by Crippen LogP contribution is -2.42. The number of aromatic amines is 1. The highest BCUT2D eigenvalue weighted by molar-refractivity contribution is 5.95. The maximum absolute atomic E-state index is 13.1. The molecular weight excluding hydrogens is 432 g/mol. The molecule has 1 saturated heterocycles. The molecule has 0 aliphatic carbocycles. The Kier molecular flexibility index (Phi) is 7.37. The third-order valence-electron chi connectivity index (χ3n) is 6.25. The normalized spacial score (nSPS) is 15.4. The van der Waals surface area contributed by atoms with E-state index in [0.717, 1.165) is 29.7 Å². The van der Waals surface area contributed by atoms with Gasteiger partial charge >= 0.3 is 0 Å². The number of aryl methyl sites for hydroxylation is 2. The molecule has 8 nitrogen and oxygen atoms in total. The Bertz CT molecular complexity index is 1250. The predicted octanol–water partition coefficient (Wildman–Crippen LogP) is 3.12. The van der Waals surface area contributed by atoms with E-state index in [9.17, 15) is 14.4 Å². The smallest absolute Gasteiger partial charge is 0.258 e. The highest BCUT2D eigenvalue weighted by Crippen LogP contribution is 2.19. The Balaban J connectivity index is 1.44. The second-order valence-corrected chi connectivity index (χ2v) is 8.73. The fourth-order valence-electron chi connectivity index (χ4n) is 4.18. The highest BCUT2D eigenvalue weighted by Gasteiger charge is 2.24. The first-order valence-corrected chi connectivity index (χ1v) is 11.6. The first-order chi connectivity index (χ1) is 16.4. The molecule has 3 aromatic rings. The van der Waals surface area contributed by atoms with Crippen LogP contribution in [0.4, 0.5) is 5.69 Å². The molecule has 1 aliphatic rings. The molecule has 4 rings (SSSR count). The number of carbonyl (C=O) groups is 2. The Hall–Kier alpha value is -3.52. The number of benzene rings is 2. The van der Waals surface area contributed by atoms with Gasteiger partial charge in [0.2, 0.25) is 11.8 Å². The van der Waals surface area contributed by atoms with E-state index in [4.69, 9.17) is 4.74 Å². The van der Waals surface area contributed by atoms with Gasteiger partial charge in [-0.2, -0.15) is 0 Å².